The normalized spacial score (nSPS) is 27.7. The van der Waals surface area contributed by atoms with E-state index in [1.807, 2.05) is 81.4 Å². The highest BCUT2D eigenvalue weighted by atomic mass is 32.2. The number of hydrogen-bond donors (Lipinski definition) is 2. The summed E-state index contributed by atoms with van der Waals surface area (Å²) in [4.78, 5) is 13.0. The number of sulfonamides is 1. The van der Waals surface area contributed by atoms with Crippen molar-refractivity contribution in [3.05, 3.63) is 95.1 Å². The van der Waals surface area contributed by atoms with Crippen molar-refractivity contribution in [2.75, 3.05) is 5.75 Å². The van der Waals surface area contributed by atoms with Gasteiger partial charge in [0.15, 0.2) is 0 Å². The van der Waals surface area contributed by atoms with Gasteiger partial charge in [-0.15, -0.1) is 0 Å². The number of carbonyl (C=O) groups excluding carboxylic acids is 1. The second-order valence-corrected chi connectivity index (χ2v) is 16.7. The molecule has 0 unspecified atom stereocenters. The van der Waals surface area contributed by atoms with Crippen LogP contribution in [0.15, 0.2) is 84.0 Å². The number of alkyl carbamates (subject to hydrolysis) is 1. The van der Waals surface area contributed by atoms with Gasteiger partial charge in [-0.05, 0) is 113 Å². The molecular weight excluding hydrogens is 568 g/mol. The first kappa shape index (κ1) is 31.1. The van der Waals surface area contributed by atoms with Crippen LogP contribution in [-0.4, -0.2) is 25.9 Å². The molecule has 0 spiro atoms. The Bertz CT molecular complexity index is 1460. The average molecular weight is 617 g/mol. The minimum Gasteiger partial charge on any atom is -0.444 e. The van der Waals surface area contributed by atoms with Crippen LogP contribution in [0, 0.1) is 23.2 Å². The van der Waals surface area contributed by atoms with Crippen molar-refractivity contribution in [3.8, 4) is 0 Å². The van der Waals surface area contributed by atoms with E-state index in [-0.39, 0.29) is 5.75 Å². The molecule has 5 aliphatic rings. The second kappa shape index (κ2) is 12.5. The number of amides is 1. The highest BCUT2D eigenvalue weighted by Crippen LogP contribution is 2.63. The number of benzene rings is 2. The Labute approximate surface area is 263 Å². The molecule has 7 rings (SSSR count). The molecule has 5 aliphatic carbocycles. The van der Waals surface area contributed by atoms with Gasteiger partial charge in [0.25, 0.3) is 0 Å². The smallest absolute Gasteiger partial charge is 0.408 e. The number of rotatable bonds is 10. The molecule has 2 N–H and O–H groups in total. The third-order valence-corrected chi connectivity index (χ3v) is 11.6. The maximum atomic E-state index is 13.7. The molecule has 7 heteroatoms. The van der Waals surface area contributed by atoms with Gasteiger partial charge in [0.2, 0.25) is 10.0 Å². The second-order valence-electron chi connectivity index (χ2n) is 14.8. The molecule has 6 nitrogen and oxygen atoms in total. The lowest BCUT2D eigenvalue weighted by Crippen LogP contribution is -2.47. The first-order valence-corrected chi connectivity index (χ1v) is 18.1. The van der Waals surface area contributed by atoms with E-state index in [2.05, 4.69) is 22.2 Å². The average Bonchev–Trinajstić information content (AvgIpc) is 2.97. The van der Waals surface area contributed by atoms with Crippen molar-refractivity contribution in [2.24, 2.45) is 23.2 Å². The SMILES string of the molecule is CC(C)(C)OC(=O)N[C@H](c1ccccc1)[C@H](NS(=O)(=O)CCC1=CCC(C23CC4CC(CC(C4)C2)C3)=CC1)c1ccccc1. The lowest BCUT2D eigenvalue weighted by Gasteiger charge is -2.58. The van der Waals surface area contributed by atoms with Crippen molar-refractivity contribution in [1.29, 1.82) is 0 Å². The van der Waals surface area contributed by atoms with Crippen LogP contribution in [0.4, 0.5) is 4.79 Å². The molecule has 0 aliphatic heterocycles. The summed E-state index contributed by atoms with van der Waals surface area (Å²) < 4.78 is 36.0. The Morgan fingerprint density at radius 1 is 0.841 bits per heavy atom. The van der Waals surface area contributed by atoms with Crippen molar-refractivity contribution < 1.29 is 17.9 Å². The lowest BCUT2D eigenvalue weighted by molar-refractivity contribution is -0.0317. The Morgan fingerprint density at radius 2 is 1.39 bits per heavy atom. The van der Waals surface area contributed by atoms with Crippen LogP contribution in [0.1, 0.15) is 102 Å². The molecule has 2 aromatic carbocycles. The quantitative estimate of drug-likeness (QED) is 0.264. The molecule has 0 radical (unpaired) electrons. The Morgan fingerprint density at radius 3 is 1.89 bits per heavy atom. The predicted molar refractivity (Wildman–Crippen MR) is 175 cm³/mol. The van der Waals surface area contributed by atoms with Gasteiger partial charge < -0.3 is 10.1 Å². The first-order chi connectivity index (χ1) is 21.0. The van der Waals surface area contributed by atoms with E-state index in [0.29, 0.717) is 11.8 Å². The zero-order chi connectivity index (χ0) is 31.0. The molecule has 44 heavy (non-hydrogen) atoms. The molecule has 0 aromatic heterocycles. The summed E-state index contributed by atoms with van der Waals surface area (Å²) >= 11 is 0. The van der Waals surface area contributed by atoms with Gasteiger partial charge in [-0.1, -0.05) is 84.0 Å². The topological polar surface area (TPSA) is 84.5 Å². The minimum atomic E-state index is -3.71. The van der Waals surface area contributed by atoms with Crippen LogP contribution in [-0.2, 0) is 14.8 Å². The van der Waals surface area contributed by atoms with Crippen LogP contribution < -0.4 is 10.0 Å². The third-order valence-electron chi connectivity index (χ3n) is 10.3. The molecule has 0 saturated heterocycles. The molecule has 4 fully saturated rings. The van der Waals surface area contributed by atoms with Gasteiger partial charge in [-0.3, -0.25) is 0 Å². The van der Waals surface area contributed by atoms with E-state index in [4.69, 9.17) is 4.74 Å². The summed E-state index contributed by atoms with van der Waals surface area (Å²) in [7, 11) is -3.71. The van der Waals surface area contributed by atoms with Gasteiger partial charge in [0.05, 0.1) is 17.8 Å². The van der Waals surface area contributed by atoms with Gasteiger partial charge in [-0.25, -0.2) is 17.9 Å². The number of allylic oxidation sites excluding steroid dienone is 4. The number of carbonyl (C=O) groups is 1. The third kappa shape index (κ3) is 7.31. The van der Waals surface area contributed by atoms with Gasteiger partial charge >= 0.3 is 6.09 Å². The fourth-order valence-corrected chi connectivity index (χ4v) is 10.1. The minimum absolute atomic E-state index is 0.00332. The van der Waals surface area contributed by atoms with Gasteiger partial charge in [0, 0.05) is 0 Å². The summed E-state index contributed by atoms with van der Waals surface area (Å²) in [5.41, 5.74) is 4.11. The molecule has 1 amide bonds. The highest BCUT2D eigenvalue weighted by Gasteiger charge is 2.52. The van der Waals surface area contributed by atoms with E-state index < -0.39 is 33.8 Å². The first-order valence-electron chi connectivity index (χ1n) is 16.4. The van der Waals surface area contributed by atoms with Crippen LogP contribution in [0.5, 0.6) is 0 Å². The summed E-state index contributed by atoms with van der Waals surface area (Å²) in [6, 6.07) is 17.5. The van der Waals surface area contributed by atoms with Crippen molar-refractivity contribution >= 4 is 16.1 Å². The number of hydrogen-bond acceptors (Lipinski definition) is 4. The Hall–Kier alpha value is -2.90. The zero-order valence-corrected chi connectivity index (χ0v) is 27.2. The Balaban J connectivity index is 1.15. The summed E-state index contributed by atoms with van der Waals surface area (Å²) in [6.45, 7) is 5.42. The summed E-state index contributed by atoms with van der Waals surface area (Å²) in [5.74, 6) is 2.76. The maximum Gasteiger partial charge on any atom is 0.408 e. The summed E-state index contributed by atoms with van der Waals surface area (Å²) in [5, 5.41) is 2.97. The molecule has 4 saturated carbocycles. The van der Waals surface area contributed by atoms with Crippen LogP contribution >= 0.6 is 0 Å². The highest BCUT2D eigenvalue weighted by molar-refractivity contribution is 7.89. The van der Waals surface area contributed by atoms with Crippen molar-refractivity contribution in [1.82, 2.24) is 10.0 Å². The molecule has 0 heterocycles. The lowest BCUT2D eigenvalue weighted by atomic mass is 9.47. The maximum absolute atomic E-state index is 13.7. The Kier molecular flexibility index (Phi) is 8.82. The van der Waals surface area contributed by atoms with Gasteiger partial charge in [-0.2, -0.15) is 0 Å². The number of ether oxygens (including phenoxy) is 1. The van der Waals surface area contributed by atoms with E-state index in [1.54, 1.807) is 5.57 Å². The van der Waals surface area contributed by atoms with E-state index >= 15 is 0 Å². The van der Waals surface area contributed by atoms with Crippen LogP contribution in [0.2, 0.25) is 0 Å². The van der Waals surface area contributed by atoms with E-state index in [0.717, 1.165) is 41.7 Å². The standard InChI is InChI=1S/C37H48N2O4S/c1-36(2,3)43-35(40)38-33(30-10-6-4-7-11-30)34(31-12-8-5-9-13-31)39-44(41,42)19-18-26-14-16-32(17-15-26)37-23-27-20-28(24-37)22-29(21-27)25-37/h4-14,17,27-29,33-34,39H,15-16,18-25H2,1-3H3,(H,38,40)/t27?,28?,29?,33-,34-,37?/m1/s1. The van der Waals surface area contributed by atoms with Crippen molar-refractivity contribution in [3.63, 3.8) is 0 Å². The zero-order valence-electron chi connectivity index (χ0n) is 26.4. The van der Waals surface area contributed by atoms with Crippen LogP contribution in [0.25, 0.3) is 0 Å². The fourth-order valence-electron chi connectivity index (χ4n) is 8.78. The van der Waals surface area contributed by atoms with E-state index in [1.165, 1.54) is 44.1 Å². The molecule has 236 valence electrons. The van der Waals surface area contributed by atoms with Crippen LogP contribution in [0.3, 0.4) is 0 Å². The molecule has 4 bridgehead atoms. The number of nitrogens with one attached hydrogen (secondary N) is 2. The largest absolute Gasteiger partial charge is 0.444 e. The predicted octanol–water partition coefficient (Wildman–Crippen LogP) is 8.17. The molecular formula is C37H48N2O4S. The summed E-state index contributed by atoms with van der Waals surface area (Å²) in [6.07, 6.45) is 14.9. The monoisotopic (exact) mass is 616 g/mol. The molecule has 2 atom stereocenters. The van der Waals surface area contributed by atoms with E-state index in [9.17, 15) is 13.2 Å². The molecule has 2 aromatic rings. The van der Waals surface area contributed by atoms with Crippen molar-refractivity contribution in [2.45, 2.75) is 96.2 Å². The van der Waals surface area contributed by atoms with Gasteiger partial charge in [0.1, 0.15) is 5.60 Å². The fraction of sp³-hybridized carbons (Fsp3) is 0.541.